The van der Waals surface area contributed by atoms with E-state index in [1.807, 2.05) is 0 Å². The summed E-state index contributed by atoms with van der Waals surface area (Å²) in [5.74, 6) is 0. The van der Waals surface area contributed by atoms with Gasteiger partial charge in [0.15, 0.2) is 0 Å². The Hall–Kier alpha value is -0.290. The van der Waals surface area contributed by atoms with Gasteiger partial charge in [0.2, 0.25) is 0 Å². The summed E-state index contributed by atoms with van der Waals surface area (Å²) in [6.45, 7) is 2.09. The van der Waals surface area contributed by atoms with Gasteiger partial charge in [-0.2, -0.15) is 13.2 Å². The third-order valence-corrected chi connectivity index (χ3v) is 2.45. The largest absolute Gasteiger partial charge is 0.396 e. The predicted octanol–water partition coefficient (Wildman–Crippen LogP) is 2.07. The molecule has 0 aromatic heterocycles. The van der Waals surface area contributed by atoms with Crippen molar-refractivity contribution in [3.8, 4) is 0 Å². The highest BCUT2D eigenvalue weighted by atomic mass is 19.4. The lowest BCUT2D eigenvalue weighted by atomic mass is 9.82. The summed E-state index contributed by atoms with van der Waals surface area (Å²) in [7, 11) is 0. The molecule has 0 rings (SSSR count). The van der Waals surface area contributed by atoms with Gasteiger partial charge in [0.1, 0.15) is 0 Å². The van der Waals surface area contributed by atoms with Crippen molar-refractivity contribution in [2.75, 3.05) is 13.2 Å². The first-order chi connectivity index (χ1) is 6.33. The molecule has 14 heavy (non-hydrogen) atoms. The van der Waals surface area contributed by atoms with E-state index < -0.39 is 12.6 Å². The fourth-order valence-electron chi connectivity index (χ4n) is 1.31. The Kier molecular flexibility index (Phi) is 5.44. The van der Waals surface area contributed by atoms with Crippen molar-refractivity contribution in [1.82, 2.24) is 0 Å². The van der Waals surface area contributed by atoms with Gasteiger partial charge in [0.25, 0.3) is 0 Å². The molecule has 0 aliphatic carbocycles. The molecule has 0 saturated heterocycles. The first-order valence-corrected chi connectivity index (χ1v) is 4.71. The first-order valence-electron chi connectivity index (χ1n) is 4.71. The van der Waals surface area contributed by atoms with Gasteiger partial charge in [-0.3, -0.25) is 0 Å². The summed E-state index contributed by atoms with van der Waals surface area (Å²) >= 11 is 0. The third-order valence-electron chi connectivity index (χ3n) is 2.45. The standard InChI is InChI=1S/C9H18F3NO/c1-8(7-13,5-6-14)3-2-4-9(10,11)12/h14H,2-7,13H2,1H3. The number of alkyl halides is 3. The molecule has 86 valence electrons. The third kappa shape index (κ3) is 6.21. The minimum atomic E-state index is -4.09. The highest BCUT2D eigenvalue weighted by molar-refractivity contribution is 4.75. The van der Waals surface area contributed by atoms with E-state index in [2.05, 4.69) is 0 Å². The van der Waals surface area contributed by atoms with Crippen LogP contribution in [0.3, 0.4) is 0 Å². The van der Waals surface area contributed by atoms with E-state index >= 15 is 0 Å². The molecule has 0 radical (unpaired) electrons. The van der Waals surface area contributed by atoms with Crippen molar-refractivity contribution in [2.24, 2.45) is 11.1 Å². The second kappa shape index (κ2) is 5.56. The van der Waals surface area contributed by atoms with Gasteiger partial charge in [-0.1, -0.05) is 6.92 Å². The van der Waals surface area contributed by atoms with Crippen LogP contribution in [0.4, 0.5) is 13.2 Å². The number of aliphatic hydroxyl groups excluding tert-OH is 1. The van der Waals surface area contributed by atoms with E-state index in [0.717, 1.165) is 0 Å². The fraction of sp³-hybridized carbons (Fsp3) is 1.00. The molecule has 0 heterocycles. The Labute approximate surface area is 82.3 Å². The van der Waals surface area contributed by atoms with Crippen LogP contribution in [0.25, 0.3) is 0 Å². The molecule has 2 nitrogen and oxygen atoms in total. The molecule has 0 fully saturated rings. The highest BCUT2D eigenvalue weighted by Gasteiger charge is 2.29. The molecular weight excluding hydrogens is 195 g/mol. The Morgan fingerprint density at radius 3 is 2.07 bits per heavy atom. The lowest BCUT2D eigenvalue weighted by molar-refractivity contribution is -0.136. The number of hydrogen-bond acceptors (Lipinski definition) is 2. The molecule has 0 bridgehead atoms. The summed E-state index contributed by atoms with van der Waals surface area (Å²) < 4.78 is 35.5. The number of aliphatic hydroxyl groups is 1. The zero-order valence-corrected chi connectivity index (χ0v) is 8.40. The molecule has 0 aliphatic heterocycles. The summed E-state index contributed by atoms with van der Waals surface area (Å²) in [5.41, 5.74) is 5.09. The molecular formula is C9H18F3NO. The summed E-state index contributed by atoms with van der Waals surface area (Å²) in [6, 6.07) is 0. The quantitative estimate of drug-likeness (QED) is 0.709. The van der Waals surface area contributed by atoms with Gasteiger partial charge in [-0.05, 0) is 31.2 Å². The van der Waals surface area contributed by atoms with Crippen molar-refractivity contribution in [3.05, 3.63) is 0 Å². The van der Waals surface area contributed by atoms with Crippen LogP contribution in [0.5, 0.6) is 0 Å². The predicted molar refractivity (Wildman–Crippen MR) is 48.8 cm³/mol. The number of halogens is 3. The van der Waals surface area contributed by atoms with E-state index in [4.69, 9.17) is 10.8 Å². The van der Waals surface area contributed by atoms with Crippen molar-refractivity contribution < 1.29 is 18.3 Å². The summed E-state index contributed by atoms with van der Waals surface area (Å²) in [4.78, 5) is 0. The summed E-state index contributed by atoms with van der Waals surface area (Å²) in [6.07, 6.45) is -3.91. The van der Waals surface area contributed by atoms with Crippen LogP contribution in [0, 0.1) is 5.41 Å². The van der Waals surface area contributed by atoms with Crippen molar-refractivity contribution in [2.45, 2.75) is 38.8 Å². The molecule has 1 atom stereocenters. The first kappa shape index (κ1) is 13.7. The maximum absolute atomic E-state index is 11.8. The minimum Gasteiger partial charge on any atom is -0.396 e. The van der Waals surface area contributed by atoms with Gasteiger partial charge in [0, 0.05) is 13.0 Å². The topological polar surface area (TPSA) is 46.2 Å². The Bertz CT molecular complexity index is 161. The minimum absolute atomic E-state index is 0.0281. The lowest BCUT2D eigenvalue weighted by Gasteiger charge is -2.27. The molecule has 0 saturated carbocycles. The molecule has 0 spiro atoms. The maximum atomic E-state index is 11.8. The Morgan fingerprint density at radius 1 is 1.14 bits per heavy atom. The van der Waals surface area contributed by atoms with Gasteiger partial charge in [0.05, 0.1) is 0 Å². The van der Waals surface area contributed by atoms with E-state index in [1.165, 1.54) is 0 Å². The fourth-order valence-corrected chi connectivity index (χ4v) is 1.31. The van der Waals surface area contributed by atoms with Crippen LogP contribution in [-0.2, 0) is 0 Å². The zero-order chi connectivity index (χ0) is 11.2. The maximum Gasteiger partial charge on any atom is 0.389 e. The normalized spacial score (nSPS) is 16.7. The van der Waals surface area contributed by atoms with E-state index in [1.54, 1.807) is 6.92 Å². The van der Waals surface area contributed by atoms with E-state index in [0.29, 0.717) is 19.4 Å². The van der Waals surface area contributed by atoms with Crippen molar-refractivity contribution >= 4 is 0 Å². The Balaban J connectivity index is 3.84. The second-order valence-corrected chi connectivity index (χ2v) is 3.96. The van der Waals surface area contributed by atoms with Gasteiger partial charge in [-0.15, -0.1) is 0 Å². The van der Waals surface area contributed by atoms with Crippen LogP contribution in [-0.4, -0.2) is 24.4 Å². The number of nitrogens with two attached hydrogens (primary N) is 1. The molecule has 0 aromatic rings. The SMILES string of the molecule is CC(CN)(CCO)CCCC(F)(F)F. The average Bonchev–Trinajstić information content (AvgIpc) is 2.02. The number of hydrogen-bond donors (Lipinski definition) is 2. The second-order valence-electron chi connectivity index (χ2n) is 3.96. The lowest BCUT2D eigenvalue weighted by Crippen LogP contribution is -2.28. The molecule has 5 heteroatoms. The van der Waals surface area contributed by atoms with E-state index in [9.17, 15) is 13.2 Å². The van der Waals surface area contributed by atoms with Crippen LogP contribution >= 0.6 is 0 Å². The van der Waals surface area contributed by atoms with Crippen LogP contribution < -0.4 is 5.73 Å². The smallest absolute Gasteiger partial charge is 0.389 e. The Morgan fingerprint density at radius 2 is 1.71 bits per heavy atom. The van der Waals surface area contributed by atoms with E-state index in [-0.39, 0.29) is 18.4 Å². The molecule has 0 amide bonds. The average molecular weight is 213 g/mol. The molecule has 3 N–H and O–H groups in total. The van der Waals surface area contributed by atoms with Crippen molar-refractivity contribution in [1.29, 1.82) is 0 Å². The van der Waals surface area contributed by atoms with Gasteiger partial charge >= 0.3 is 6.18 Å². The monoisotopic (exact) mass is 213 g/mol. The zero-order valence-electron chi connectivity index (χ0n) is 8.40. The van der Waals surface area contributed by atoms with Crippen LogP contribution in [0.2, 0.25) is 0 Å². The van der Waals surface area contributed by atoms with Crippen LogP contribution in [0.1, 0.15) is 32.6 Å². The molecule has 0 aliphatic rings. The molecule has 0 aromatic carbocycles. The van der Waals surface area contributed by atoms with Crippen molar-refractivity contribution in [3.63, 3.8) is 0 Å². The van der Waals surface area contributed by atoms with Gasteiger partial charge < -0.3 is 10.8 Å². The van der Waals surface area contributed by atoms with Gasteiger partial charge in [-0.25, -0.2) is 0 Å². The highest BCUT2D eigenvalue weighted by Crippen LogP contribution is 2.30. The summed E-state index contributed by atoms with van der Waals surface area (Å²) in [5, 5.41) is 8.71. The molecule has 1 unspecified atom stereocenters. The number of rotatable bonds is 6. The van der Waals surface area contributed by atoms with Crippen LogP contribution in [0.15, 0.2) is 0 Å².